The molecule has 0 fully saturated rings. The SMILES string of the molecule is CC(C)N(CCC#N)c1ccc([C@H](C)N)cc1F. The third-order valence-electron chi connectivity index (χ3n) is 2.89. The van der Waals surface area contributed by atoms with Gasteiger partial charge in [-0.3, -0.25) is 0 Å². The monoisotopic (exact) mass is 249 g/mol. The minimum atomic E-state index is -0.281. The molecule has 0 amide bonds. The van der Waals surface area contributed by atoms with Gasteiger partial charge in [-0.25, -0.2) is 4.39 Å². The molecule has 0 heterocycles. The van der Waals surface area contributed by atoms with Crippen LogP contribution in [0.2, 0.25) is 0 Å². The number of halogens is 1. The fourth-order valence-electron chi connectivity index (χ4n) is 1.87. The van der Waals surface area contributed by atoms with Crippen LogP contribution in [0.4, 0.5) is 10.1 Å². The normalized spacial score (nSPS) is 12.3. The van der Waals surface area contributed by atoms with E-state index >= 15 is 0 Å². The summed E-state index contributed by atoms with van der Waals surface area (Å²) in [7, 11) is 0. The highest BCUT2D eigenvalue weighted by Crippen LogP contribution is 2.24. The molecule has 0 aliphatic rings. The molecule has 0 aliphatic heterocycles. The van der Waals surface area contributed by atoms with Crippen molar-refractivity contribution in [3.05, 3.63) is 29.6 Å². The Labute approximate surface area is 108 Å². The molecule has 18 heavy (non-hydrogen) atoms. The van der Waals surface area contributed by atoms with Crippen LogP contribution in [0.3, 0.4) is 0 Å². The van der Waals surface area contributed by atoms with E-state index in [0.29, 0.717) is 18.7 Å². The molecule has 1 rings (SSSR count). The smallest absolute Gasteiger partial charge is 0.146 e. The van der Waals surface area contributed by atoms with Crippen LogP contribution in [0, 0.1) is 17.1 Å². The van der Waals surface area contributed by atoms with Crippen LogP contribution in [0.15, 0.2) is 18.2 Å². The zero-order chi connectivity index (χ0) is 13.7. The molecule has 1 atom stereocenters. The number of nitriles is 1. The Morgan fingerprint density at radius 1 is 1.39 bits per heavy atom. The molecular formula is C14H20FN3. The lowest BCUT2D eigenvalue weighted by molar-refractivity contribution is 0.597. The number of benzene rings is 1. The fraction of sp³-hybridized carbons (Fsp3) is 0.500. The molecule has 0 unspecified atom stereocenters. The van der Waals surface area contributed by atoms with Gasteiger partial charge in [0.25, 0.3) is 0 Å². The third-order valence-corrected chi connectivity index (χ3v) is 2.89. The van der Waals surface area contributed by atoms with Crippen molar-refractivity contribution in [2.45, 2.75) is 39.3 Å². The highest BCUT2D eigenvalue weighted by atomic mass is 19.1. The van der Waals surface area contributed by atoms with Crippen molar-refractivity contribution in [2.75, 3.05) is 11.4 Å². The van der Waals surface area contributed by atoms with Crippen LogP contribution in [0.1, 0.15) is 38.8 Å². The molecule has 0 aromatic heterocycles. The molecule has 98 valence electrons. The lowest BCUT2D eigenvalue weighted by Crippen LogP contribution is -2.32. The second-order valence-electron chi connectivity index (χ2n) is 4.69. The Balaban J connectivity index is 3.02. The Kier molecular flexibility index (Phi) is 5.11. The van der Waals surface area contributed by atoms with Crippen molar-refractivity contribution in [3.8, 4) is 6.07 Å². The summed E-state index contributed by atoms with van der Waals surface area (Å²) in [5, 5.41) is 8.64. The second-order valence-corrected chi connectivity index (χ2v) is 4.69. The fourth-order valence-corrected chi connectivity index (χ4v) is 1.87. The molecule has 3 nitrogen and oxygen atoms in total. The lowest BCUT2D eigenvalue weighted by Gasteiger charge is -2.28. The Hall–Kier alpha value is -1.60. The van der Waals surface area contributed by atoms with E-state index in [1.165, 1.54) is 6.07 Å². The minimum absolute atomic E-state index is 0.147. The van der Waals surface area contributed by atoms with E-state index in [1.54, 1.807) is 6.07 Å². The van der Waals surface area contributed by atoms with E-state index < -0.39 is 0 Å². The van der Waals surface area contributed by atoms with E-state index in [2.05, 4.69) is 6.07 Å². The van der Waals surface area contributed by atoms with Gasteiger partial charge in [0.2, 0.25) is 0 Å². The van der Waals surface area contributed by atoms with Crippen LogP contribution in [0.5, 0.6) is 0 Å². The summed E-state index contributed by atoms with van der Waals surface area (Å²) in [6.45, 7) is 6.32. The summed E-state index contributed by atoms with van der Waals surface area (Å²) in [4.78, 5) is 1.89. The summed E-state index contributed by atoms with van der Waals surface area (Å²) < 4.78 is 14.1. The largest absolute Gasteiger partial charge is 0.366 e. The molecule has 0 spiro atoms. The number of nitrogens with two attached hydrogens (primary N) is 1. The molecule has 0 bridgehead atoms. The second kappa shape index (κ2) is 6.36. The van der Waals surface area contributed by atoms with Crippen molar-refractivity contribution >= 4 is 5.69 Å². The van der Waals surface area contributed by atoms with Gasteiger partial charge in [0.15, 0.2) is 0 Å². The highest BCUT2D eigenvalue weighted by molar-refractivity contribution is 5.50. The number of nitrogens with zero attached hydrogens (tertiary/aromatic N) is 2. The van der Waals surface area contributed by atoms with Crippen LogP contribution in [-0.4, -0.2) is 12.6 Å². The molecule has 4 heteroatoms. The molecule has 0 saturated carbocycles. The van der Waals surface area contributed by atoms with Gasteiger partial charge < -0.3 is 10.6 Å². The van der Waals surface area contributed by atoms with Crippen LogP contribution >= 0.6 is 0 Å². The molecule has 0 saturated heterocycles. The average molecular weight is 249 g/mol. The summed E-state index contributed by atoms with van der Waals surface area (Å²) >= 11 is 0. The first kappa shape index (κ1) is 14.5. The first-order chi connectivity index (χ1) is 8.47. The van der Waals surface area contributed by atoms with Gasteiger partial charge in [-0.15, -0.1) is 0 Å². The zero-order valence-corrected chi connectivity index (χ0v) is 11.2. The molecule has 1 aromatic carbocycles. The summed E-state index contributed by atoms with van der Waals surface area (Å²) in [5.41, 5.74) is 7.04. The Morgan fingerprint density at radius 3 is 2.50 bits per heavy atom. The average Bonchev–Trinajstić information content (AvgIpc) is 2.30. The quantitative estimate of drug-likeness (QED) is 0.872. The van der Waals surface area contributed by atoms with E-state index in [-0.39, 0.29) is 17.9 Å². The van der Waals surface area contributed by atoms with Crippen LogP contribution in [-0.2, 0) is 0 Å². The summed E-state index contributed by atoms with van der Waals surface area (Å²) in [5.74, 6) is -0.281. The number of rotatable bonds is 5. The van der Waals surface area contributed by atoms with Gasteiger partial charge in [-0.05, 0) is 38.5 Å². The number of anilines is 1. The first-order valence-corrected chi connectivity index (χ1v) is 6.16. The van der Waals surface area contributed by atoms with Crippen molar-refractivity contribution < 1.29 is 4.39 Å². The molecule has 0 aliphatic carbocycles. The topological polar surface area (TPSA) is 53.0 Å². The van der Waals surface area contributed by atoms with E-state index in [1.807, 2.05) is 31.7 Å². The Bertz CT molecular complexity index is 435. The highest BCUT2D eigenvalue weighted by Gasteiger charge is 2.15. The maximum absolute atomic E-state index is 14.1. The summed E-state index contributed by atoms with van der Waals surface area (Å²) in [6.07, 6.45) is 0.382. The van der Waals surface area contributed by atoms with Crippen molar-refractivity contribution in [2.24, 2.45) is 5.73 Å². The van der Waals surface area contributed by atoms with Crippen molar-refractivity contribution in [1.29, 1.82) is 5.26 Å². The first-order valence-electron chi connectivity index (χ1n) is 6.16. The van der Waals surface area contributed by atoms with Gasteiger partial charge in [-0.2, -0.15) is 5.26 Å². The van der Waals surface area contributed by atoms with Crippen molar-refractivity contribution in [1.82, 2.24) is 0 Å². The van der Waals surface area contributed by atoms with Gasteiger partial charge in [0.1, 0.15) is 5.82 Å². The summed E-state index contributed by atoms with van der Waals surface area (Å²) in [6, 6.07) is 7.11. The van der Waals surface area contributed by atoms with Gasteiger partial charge in [-0.1, -0.05) is 6.07 Å². The van der Waals surface area contributed by atoms with E-state index in [0.717, 1.165) is 5.56 Å². The zero-order valence-electron chi connectivity index (χ0n) is 11.2. The maximum Gasteiger partial charge on any atom is 0.146 e. The molecule has 1 aromatic rings. The lowest BCUT2D eigenvalue weighted by atomic mass is 10.1. The minimum Gasteiger partial charge on any atom is -0.366 e. The predicted molar refractivity (Wildman–Crippen MR) is 71.7 cm³/mol. The van der Waals surface area contributed by atoms with Crippen molar-refractivity contribution in [3.63, 3.8) is 0 Å². The number of hydrogen-bond donors (Lipinski definition) is 1. The molecular weight excluding hydrogens is 229 g/mol. The number of hydrogen-bond acceptors (Lipinski definition) is 3. The van der Waals surface area contributed by atoms with Crippen LogP contribution < -0.4 is 10.6 Å². The van der Waals surface area contributed by atoms with Gasteiger partial charge in [0, 0.05) is 18.6 Å². The van der Waals surface area contributed by atoms with E-state index in [4.69, 9.17) is 11.0 Å². The third kappa shape index (κ3) is 3.44. The molecule has 2 N–H and O–H groups in total. The van der Waals surface area contributed by atoms with Crippen LogP contribution in [0.25, 0.3) is 0 Å². The maximum atomic E-state index is 14.1. The molecule has 0 radical (unpaired) electrons. The predicted octanol–water partition coefficient (Wildman–Crippen LogP) is 2.97. The van der Waals surface area contributed by atoms with Gasteiger partial charge in [0.05, 0.1) is 18.2 Å². The standard InChI is InChI=1S/C14H20FN3/c1-10(2)18(8-4-7-16)14-6-5-12(11(3)17)9-13(14)15/h5-6,9-11H,4,8,17H2,1-3H3/t11-/m0/s1. The Morgan fingerprint density at radius 2 is 2.06 bits per heavy atom. The van der Waals surface area contributed by atoms with Gasteiger partial charge >= 0.3 is 0 Å². The van der Waals surface area contributed by atoms with E-state index in [9.17, 15) is 4.39 Å².